The maximum absolute atomic E-state index is 11.8. The summed E-state index contributed by atoms with van der Waals surface area (Å²) in [6, 6.07) is 7.22. The van der Waals surface area contributed by atoms with Crippen LogP contribution in [0.5, 0.6) is 0 Å². The van der Waals surface area contributed by atoms with E-state index < -0.39 is 0 Å². The van der Waals surface area contributed by atoms with E-state index in [1.807, 2.05) is 6.92 Å². The zero-order valence-electron chi connectivity index (χ0n) is 13.9. The van der Waals surface area contributed by atoms with Gasteiger partial charge in [0.15, 0.2) is 0 Å². The first-order valence-electron chi connectivity index (χ1n) is 8.48. The van der Waals surface area contributed by atoms with Crippen LogP contribution in [0, 0.1) is 16.0 Å². The summed E-state index contributed by atoms with van der Waals surface area (Å²) in [7, 11) is 0. The van der Waals surface area contributed by atoms with Gasteiger partial charge in [-0.2, -0.15) is 0 Å². The predicted octanol–water partition coefficient (Wildman–Crippen LogP) is 2.06. The van der Waals surface area contributed by atoms with Crippen molar-refractivity contribution in [2.24, 2.45) is 5.92 Å². The van der Waals surface area contributed by atoms with Crippen molar-refractivity contribution in [1.29, 1.82) is 0 Å². The van der Waals surface area contributed by atoms with Crippen LogP contribution in [0.2, 0.25) is 0 Å². The fourth-order valence-electron chi connectivity index (χ4n) is 3.44. The van der Waals surface area contributed by atoms with Crippen LogP contribution in [0.15, 0.2) is 24.3 Å². The van der Waals surface area contributed by atoms with Gasteiger partial charge in [-0.15, -0.1) is 0 Å². The fourth-order valence-corrected chi connectivity index (χ4v) is 3.44. The minimum absolute atomic E-state index is 0.0482. The Morgan fingerprint density at radius 3 is 2.42 bits per heavy atom. The van der Waals surface area contributed by atoms with Gasteiger partial charge in [-0.05, 0) is 45.0 Å². The number of anilines is 1. The van der Waals surface area contributed by atoms with Crippen molar-refractivity contribution in [3.05, 3.63) is 34.4 Å². The number of nitro benzene ring substituents is 1. The molecule has 0 bridgehead atoms. The highest BCUT2D eigenvalue weighted by Crippen LogP contribution is 2.28. The van der Waals surface area contributed by atoms with Gasteiger partial charge in [-0.25, -0.2) is 0 Å². The van der Waals surface area contributed by atoms with Gasteiger partial charge in [0.05, 0.1) is 17.4 Å². The number of hydrogen-bond donors (Lipinski definition) is 0. The Hall–Kier alpha value is -2.15. The third-order valence-corrected chi connectivity index (χ3v) is 4.95. The second kappa shape index (κ2) is 7.17. The van der Waals surface area contributed by atoms with Gasteiger partial charge in [-0.1, -0.05) is 0 Å². The Labute approximate surface area is 141 Å². The second-order valence-corrected chi connectivity index (χ2v) is 6.39. The van der Waals surface area contributed by atoms with E-state index in [1.165, 1.54) is 0 Å². The Morgan fingerprint density at radius 1 is 1.25 bits per heavy atom. The molecular formula is C17H23N3O4. The van der Waals surface area contributed by atoms with Crippen LogP contribution in [0.25, 0.3) is 0 Å². The fraction of sp³-hybridized carbons (Fsp3) is 0.588. The molecule has 2 heterocycles. The molecule has 2 fully saturated rings. The maximum atomic E-state index is 11.8. The van der Waals surface area contributed by atoms with Crippen molar-refractivity contribution in [2.75, 3.05) is 37.7 Å². The number of hydrogen-bond acceptors (Lipinski definition) is 6. The Kier molecular flexibility index (Phi) is 4.99. The number of ether oxygens (including phenoxy) is 1. The molecule has 0 unspecified atom stereocenters. The summed E-state index contributed by atoms with van der Waals surface area (Å²) in [5.74, 6) is -0.00896. The minimum Gasteiger partial charge on any atom is -0.466 e. The molecule has 2 aliphatic rings. The standard InChI is InChI=1S/C17H23N3O4/c1-2-24-17(21)13-7-9-18(10-8-13)16-11-19(12-16)14-3-5-15(6-4-14)20(22)23/h3-6,13,16H,2,7-12H2,1H3. The lowest BCUT2D eigenvalue weighted by Gasteiger charge is -2.48. The number of benzene rings is 1. The number of carbonyl (C=O) groups is 1. The first-order chi connectivity index (χ1) is 11.6. The van der Waals surface area contributed by atoms with E-state index in [0.29, 0.717) is 12.6 Å². The van der Waals surface area contributed by atoms with Crippen LogP contribution in [0.3, 0.4) is 0 Å². The van der Waals surface area contributed by atoms with E-state index in [1.54, 1.807) is 24.3 Å². The first kappa shape index (κ1) is 16.7. The molecule has 2 saturated heterocycles. The van der Waals surface area contributed by atoms with Crippen LogP contribution >= 0.6 is 0 Å². The van der Waals surface area contributed by atoms with Crippen LogP contribution in [0.1, 0.15) is 19.8 Å². The van der Waals surface area contributed by atoms with Gasteiger partial charge < -0.3 is 9.64 Å². The zero-order valence-corrected chi connectivity index (χ0v) is 13.9. The molecular weight excluding hydrogens is 310 g/mol. The van der Waals surface area contributed by atoms with Crippen LogP contribution in [-0.4, -0.2) is 54.6 Å². The summed E-state index contributed by atoms with van der Waals surface area (Å²) < 4.78 is 5.11. The lowest BCUT2D eigenvalue weighted by Crippen LogP contribution is -2.61. The van der Waals surface area contributed by atoms with Gasteiger partial charge in [0.25, 0.3) is 5.69 Å². The van der Waals surface area contributed by atoms with E-state index >= 15 is 0 Å². The third kappa shape index (κ3) is 3.51. The number of likely N-dealkylation sites (tertiary alicyclic amines) is 1. The lowest BCUT2D eigenvalue weighted by atomic mass is 9.94. The molecule has 7 heteroatoms. The first-order valence-corrected chi connectivity index (χ1v) is 8.48. The number of nitro groups is 1. The van der Waals surface area contributed by atoms with E-state index in [-0.39, 0.29) is 22.5 Å². The molecule has 0 radical (unpaired) electrons. The molecule has 3 rings (SSSR count). The molecule has 1 aromatic rings. The summed E-state index contributed by atoms with van der Waals surface area (Å²) in [5.41, 5.74) is 1.15. The topological polar surface area (TPSA) is 75.9 Å². The molecule has 0 amide bonds. The van der Waals surface area contributed by atoms with Crippen molar-refractivity contribution in [3.63, 3.8) is 0 Å². The second-order valence-electron chi connectivity index (χ2n) is 6.39. The van der Waals surface area contributed by atoms with Crippen molar-refractivity contribution < 1.29 is 14.5 Å². The molecule has 24 heavy (non-hydrogen) atoms. The van der Waals surface area contributed by atoms with Crippen LogP contribution < -0.4 is 4.90 Å². The van der Waals surface area contributed by atoms with Gasteiger partial charge in [0.2, 0.25) is 0 Å². The number of carbonyl (C=O) groups excluding carboxylic acids is 1. The Morgan fingerprint density at radius 2 is 1.88 bits per heavy atom. The summed E-state index contributed by atoms with van der Waals surface area (Å²) in [6.45, 7) is 6.02. The van der Waals surface area contributed by atoms with E-state index in [4.69, 9.17) is 4.74 Å². The smallest absolute Gasteiger partial charge is 0.309 e. The number of esters is 1. The van der Waals surface area contributed by atoms with E-state index in [9.17, 15) is 14.9 Å². The number of piperidine rings is 1. The number of non-ortho nitro benzene ring substituents is 1. The van der Waals surface area contributed by atoms with Crippen molar-refractivity contribution >= 4 is 17.3 Å². The molecule has 0 aromatic heterocycles. The van der Waals surface area contributed by atoms with Gasteiger partial charge in [0.1, 0.15) is 0 Å². The van der Waals surface area contributed by atoms with Gasteiger partial charge in [0, 0.05) is 37.0 Å². The summed E-state index contributed by atoms with van der Waals surface area (Å²) in [5, 5.41) is 10.7. The summed E-state index contributed by atoms with van der Waals surface area (Å²) in [6.07, 6.45) is 1.74. The molecule has 7 nitrogen and oxygen atoms in total. The highest BCUT2D eigenvalue weighted by molar-refractivity contribution is 5.72. The van der Waals surface area contributed by atoms with Gasteiger partial charge in [-0.3, -0.25) is 19.8 Å². The molecule has 0 saturated carbocycles. The van der Waals surface area contributed by atoms with E-state index in [0.717, 1.165) is 44.7 Å². The lowest BCUT2D eigenvalue weighted by molar-refractivity contribution is -0.384. The van der Waals surface area contributed by atoms with Crippen LogP contribution in [-0.2, 0) is 9.53 Å². The number of nitrogens with zero attached hydrogens (tertiary/aromatic N) is 3. The Balaban J connectivity index is 1.46. The highest BCUT2D eigenvalue weighted by atomic mass is 16.6. The quantitative estimate of drug-likeness (QED) is 0.466. The molecule has 0 atom stereocenters. The maximum Gasteiger partial charge on any atom is 0.309 e. The molecule has 0 N–H and O–H groups in total. The monoisotopic (exact) mass is 333 g/mol. The Bertz CT molecular complexity index is 590. The van der Waals surface area contributed by atoms with Crippen molar-refractivity contribution in [3.8, 4) is 0 Å². The minimum atomic E-state index is -0.379. The highest BCUT2D eigenvalue weighted by Gasteiger charge is 2.35. The largest absolute Gasteiger partial charge is 0.466 e. The summed E-state index contributed by atoms with van der Waals surface area (Å²) in [4.78, 5) is 26.8. The third-order valence-electron chi connectivity index (χ3n) is 4.95. The van der Waals surface area contributed by atoms with Crippen molar-refractivity contribution in [1.82, 2.24) is 4.90 Å². The predicted molar refractivity (Wildman–Crippen MR) is 90.0 cm³/mol. The molecule has 2 aliphatic heterocycles. The normalized spacial score (nSPS) is 19.8. The van der Waals surface area contributed by atoms with E-state index in [2.05, 4.69) is 9.80 Å². The zero-order chi connectivity index (χ0) is 17.1. The van der Waals surface area contributed by atoms with Gasteiger partial charge >= 0.3 is 5.97 Å². The molecule has 130 valence electrons. The average molecular weight is 333 g/mol. The van der Waals surface area contributed by atoms with Crippen molar-refractivity contribution in [2.45, 2.75) is 25.8 Å². The number of rotatable bonds is 5. The molecule has 0 aliphatic carbocycles. The average Bonchev–Trinajstić information content (AvgIpc) is 2.55. The molecule has 0 spiro atoms. The SMILES string of the molecule is CCOC(=O)C1CCN(C2CN(c3ccc([N+](=O)[O-])cc3)C2)CC1. The molecule has 1 aromatic carbocycles. The summed E-state index contributed by atoms with van der Waals surface area (Å²) >= 11 is 0. The van der Waals surface area contributed by atoms with Crippen LogP contribution in [0.4, 0.5) is 11.4 Å².